The van der Waals surface area contributed by atoms with E-state index >= 15 is 0 Å². The lowest BCUT2D eigenvalue weighted by molar-refractivity contribution is 0.340. The molecule has 0 aromatic heterocycles. The quantitative estimate of drug-likeness (QED) is 0.807. The average molecular weight is 320 g/mol. The number of hydrogen-bond donors (Lipinski definition) is 0. The summed E-state index contributed by atoms with van der Waals surface area (Å²) in [7, 11) is 0. The molecule has 0 aliphatic carbocycles. The Morgan fingerprint density at radius 2 is 1.84 bits per heavy atom. The van der Waals surface area contributed by atoms with E-state index in [1.807, 2.05) is 25.1 Å². The molecule has 0 saturated heterocycles. The largest absolute Gasteiger partial charge is 0.494 e. The van der Waals surface area contributed by atoms with Crippen LogP contribution in [0, 0.1) is 0 Å². The fourth-order valence-corrected chi connectivity index (χ4v) is 2.46. The number of rotatable bonds is 4. The molecule has 1 aromatic carbocycles. The van der Waals surface area contributed by atoms with Crippen LogP contribution >= 0.6 is 15.9 Å². The zero-order valence-electron chi connectivity index (χ0n) is 11.3. The van der Waals surface area contributed by atoms with E-state index in [-0.39, 0.29) is 0 Å². The minimum absolute atomic E-state index is 0.690. The zero-order valence-corrected chi connectivity index (χ0v) is 12.9. The van der Waals surface area contributed by atoms with Crippen molar-refractivity contribution in [2.24, 2.45) is 0 Å². The molecule has 3 heteroatoms. The van der Waals surface area contributed by atoms with E-state index in [1.165, 1.54) is 11.3 Å². The van der Waals surface area contributed by atoms with Gasteiger partial charge in [-0.3, -0.25) is 0 Å². The number of halogens is 1. The number of ether oxygens (including phenoxy) is 1. The fourth-order valence-electron chi connectivity index (χ4n) is 2.11. The van der Waals surface area contributed by atoms with Gasteiger partial charge in [-0.1, -0.05) is 6.58 Å². The summed E-state index contributed by atoms with van der Waals surface area (Å²) in [5.74, 6) is 0.904. The van der Waals surface area contributed by atoms with E-state index in [0.29, 0.717) is 6.61 Å². The monoisotopic (exact) mass is 319 g/mol. The van der Waals surface area contributed by atoms with E-state index in [0.717, 1.165) is 22.5 Å². The lowest BCUT2D eigenvalue weighted by atomic mass is 10.1. The maximum Gasteiger partial charge on any atom is 0.119 e. The van der Waals surface area contributed by atoms with Crippen molar-refractivity contribution in [3.05, 3.63) is 58.7 Å². The second-order valence-corrected chi connectivity index (χ2v) is 5.07. The SMILES string of the molecule is C=C1C(Br)=CC=C(c2ccc(OCC)cc2)N1CC. The van der Waals surface area contributed by atoms with Crippen LogP contribution in [0.2, 0.25) is 0 Å². The fraction of sp³-hybridized carbons (Fsp3) is 0.250. The highest BCUT2D eigenvalue weighted by Crippen LogP contribution is 2.33. The molecule has 0 radical (unpaired) electrons. The van der Waals surface area contributed by atoms with Gasteiger partial charge < -0.3 is 9.64 Å². The first kappa shape index (κ1) is 13.9. The van der Waals surface area contributed by atoms with Crippen molar-refractivity contribution < 1.29 is 4.74 Å². The standard InChI is InChI=1S/C16H18BrNO/c1-4-18-12(3)15(17)10-11-16(18)13-6-8-14(9-7-13)19-5-2/h6-11H,3-5H2,1-2H3. The molecule has 0 atom stereocenters. The number of nitrogens with zero attached hydrogens (tertiary/aromatic N) is 1. The normalized spacial score (nSPS) is 15.1. The Morgan fingerprint density at radius 1 is 1.16 bits per heavy atom. The van der Waals surface area contributed by atoms with Crippen LogP contribution in [-0.4, -0.2) is 18.1 Å². The van der Waals surface area contributed by atoms with Crippen molar-refractivity contribution >= 4 is 21.6 Å². The van der Waals surface area contributed by atoms with E-state index in [9.17, 15) is 0 Å². The van der Waals surface area contributed by atoms with Gasteiger partial charge in [-0.2, -0.15) is 0 Å². The predicted molar refractivity (Wildman–Crippen MR) is 84.1 cm³/mol. The molecule has 2 nitrogen and oxygen atoms in total. The van der Waals surface area contributed by atoms with Gasteiger partial charge in [0.25, 0.3) is 0 Å². The van der Waals surface area contributed by atoms with Crippen LogP contribution in [0.25, 0.3) is 5.70 Å². The molecular formula is C16H18BrNO. The molecule has 1 aliphatic rings. The van der Waals surface area contributed by atoms with Crippen molar-refractivity contribution in [1.29, 1.82) is 0 Å². The Kier molecular flexibility index (Phi) is 4.48. The predicted octanol–water partition coefficient (Wildman–Crippen LogP) is 4.55. The van der Waals surface area contributed by atoms with Crippen LogP contribution in [-0.2, 0) is 0 Å². The van der Waals surface area contributed by atoms with Gasteiger partial charge in [-0.25, -0.2) is 0 Å². The summed E-state index contributed by atoms with van der Waals surface area (Å²) in [6.45, 7) is 9.81. The Hall–Kier alpha value is -1.48. The molecule has 19 heavy (non-hydrogen) atoms. The maximum absolute atomic E-state index is 5.47. The Bertz CT molecular complexity index is 528. The molecule has 1 aromatic rings. The molecule has 0 fully saturated rings. The van der Waals surface area contributed by atoms with Crippen molar-refractivity contribution in [3.8, 4) is 5.75 Å². The average Bonchev–Trinajstić information content (AvgIpc) is 2.43. The Morgan fingerprint density at radius 3 is 2.42 bits per heavy atom. The molecule has 100 valence electrons. The molecule has 2 rings (SSSR count). The van der Waals surface area contributed by atoms with Gasteiger partial charge in [-0.05, 0) is 71.8 Å². The number of allylic oxidation sites excluding steroid dienone is 3. The lowest BCUT2D eigenvalue weighted by Gasteiger charge is -2.30. The molecular weight excluding hydrogens is 302 g/mol. The van der Waals surface area contributed by atoms with Gasteiger partial charge >= 0.3 is 0 Å². The van der Waals surface area contributed by atoms with Gasteiger partial charge in [0.05, 0.1) is 6.61 Å². The van der Waals surface area contributed by atoms with Crippen molar-refractivity contribution in [2.45, 2.75) is 13.8 Å². The van der Waals surface area contributed by atoms with E-state index < -0.39 is 0 Å². The van der Waals surface area contributed by atoms with E-state index in [4.69, 9.17) is 4.74 Å². The summed E-state index contributed by atoms with van der Waals surface area (Å²) in [6.07, 6.45) is 4.15. The molecule has 0 unspecified atom stereocenters. The van der Waals surface area contributed by atoms with E-state index in [2.05, 4.69) is 52.5 Å². The summed E-state index contributed by atoms with van der Waals surface area (Å²) in [5, 5.41) is 0. The van der Waals surface area contributed by atoms with Crippen LogP contribution in [0.1, 0.15) is 19.4 Å². The molecule has 0 spiro atoms. The third-order valence-corrected chi connectivity index (χ3v) is 3.78. The minimum Gasteiger partial charge on any atom is -0.494 e. The first-order valence-corrected chi connectivity index (χ1v) is 7.24. The second-order valence-electron chi connectivity index (χ2n) is 4.21. The van der Waals surface area contributed by atoms with Gasteiger partial charge in [0.2, 0.25) is 0 Å². The molecule has 1 aliphatic heterocycles. The van der Waals surface area contributed by atoms with Crippen molar-refractivity contribution in [3.63, 3.8) is 0 Å². The number of benzene rings is 1. The van der Waals surface area contributed by atoms with Gasteiger partial charge in [0.15, 0.2) is 0 Å². The molecule has 1 heterocycles. The van der Waals surface area contributed by atoms with Crippen molar-refractivity contribution in [2.75, 3.05) is 13.2 Å². The molecule has 0 saturated carbocycles. The van der Waals surface area contributed by atoms with Gasteiger partial charge in [0, 0.05) is 22.4 Å². The highest BCUT2D eigenvalue weighted by molar-refractivity contribution is 9.12. The van der Waals surface area contributed by atoms with Crippen LogP contribution in [0.4, 0.5) is 0 Å². The minimum atomic E-state index is 0.690. The highest BCUT2D eigenvalue weighted by Gasteiger charge is 2.18. The topological polar surface area (TPSA) is 12.5 Å². The summed E-state index contributed by atoms with van der Waals surface area (Å²) in [6, 6.07) is 8.17. The summed E-state index contributed by atoms with van der Waals surface area (Å²) >= 11 is 3.52. The summed E-state index contributed by atoms with van der Waals surface area (Å²) < 4.78 is 6.50. The summed E-state index contributed by atoms with van der Waals surface area (Å²) in [4.78, 5) is 2.19. The first-order valence-electron chi connectivity index (χ1n) is 6.45. The third-order valence-electron chi connectivity index (χ3n) is 3.06. The Balaban J connectivity index is 2.32. The molecule has 0 amide bonds. The molecule has 0 bridgehead atoms. The van der Waals surface area contributed by atoms with E-state index in [1.54, 1.807) is 0 Å². The van der Waals surface area contributed by atoms with Crippen LogP contribution in [0.5, 0.6) is 5.75 Å². The third kappa shape index (κ3) is 2.92. The van der Waals surface area contributed by atoms with Gasteiger partial charge in [0.1, 0.15) is 5.75 Å². The van der Waals surface area contributed by atoms with Crippen LogP contribution in [0.3, 0.4) is 0 Å². The van der Waals surface area contributed by atoms with Gasteiger partial charge in [-0.15, -0.1) is 0 Å². The first-order chi connectivity index (χ1) is 9.17. The highest BCUT2D eigenvalue weighted by atomic mass is 79.9. The van der Waals surface area contributed by atoms with Crippen molar-refractivity contribution in [1.82, 2.24) is 4.90 Å². The van der Waals surface area contributed by atoms with Crippen LogP contribution in [0.15, 0.2) is 53.2 Å². The number of likely N-dealkylation sites (N-methyl/N-ethyl adjacent to an activating group) is 1. The summed E-state index contributed by atoms with van der Waals surface area (Å²) in [5.41, 5.74) is 3.33. The van der Waals surface area contributed by atoms with Crippen LogP contribution < -0.4 is 4.74 Å². The zero-order chi connectivity index (χ0) is 13.8. The smallest absolute Gasteiger partial charge is 0.119 e. The maximum atomic E-state index is 5.47. The lowest BCUT2D eigenvalue weighted by Crippen LogP contribution is -2.22. The number of hydrogen-bond acceptors (Lipinski definition) is 2. The second kappa shape index (κ2) is 6.11. The Labute approximate surface area is 123 Å². The molecule has 0 N–H and O–H groups in total.